The van der Waals surface area contributed by atoms with E-state index < -0.39 is 0 Å². The predicted octanol–water partition coefficient (Wildman–Crippen LogP) is 2.98. The Morgan fingerprint density at radius 3 is 2.17 bits per heavy atom. The molecule has 2 aliphatic heterocycles. The molecule has 0 amide bonds. The van der Waals surface area contributed by atoms with Gasteiger partial charge in [0.2, 0.25) is 0 Å². The van der Waals surface area contributed by atoms with Crippen molar-refractivity contribution in [2.45, 2.75) is 76.8 Å². The number of rotatable bonds is 7. The van der Waals surface area contributed by atoms with Gasteiger partial charge in [0, 0.05) is 50.8 Å². The quantitative estimate of drug-likeness (QED) is 0.299. The largest absolute Gasteiger partial charge is 0.357 e. The number of aliphatic imine (C=N–C) groups is 1. The summed E-state index contributed by atoms with van der Waals surface area (Å²) in [6.07, 6.45) is 10.9. The van der Waals surface area contributed by atoms with E-state index in [2.05, 4.69) is 46.2 Å². The Balaban J connectivity index is 0.00000320. The molecular formula is C23H47IN6. The number of piperidine rings is 1. The van der Waals surface area contributed by atoms with E-state index in [0.29, 0.717) is 11.6 Å². The van der Waals surface area contributed by atoms with Crippen LogP contribution in [0.2, 0.25) is 0 Å². The van der Waals surface area contributed by atoms with Gasteiger partial charge in [-0.05, 0) is 59.7 Å². The number of hydrogen-bond acceptors (Lipinski definition) is 4. The van der Waals surface area contributed by atoms with E-state index in [9.17, 15) is 0 Å². The summed E-state index contributed by atoms with van der Waals surface area (Å²) in [6.45, 7) is 14.6. The lowest BCUT2D eigenvalue weighted by Crippen LogP contribution is -2.55. The lowest BCUT2D eigenvalue weighted by molar-refractivity contribution is 0.0407. The maximum Gasteiger partial charge on any atom is 0.191 e. The summed E-state index contributed by atoms with van der Waals surface area (Å²) in [4.78, 5) is 13.0. The van der Waals surface area contributed by atoms with E-state index in [-0.39, 0.29) is 24.0 Å². The summed E-state index contributed by atoms with van der Waals surface area (Å²) in [5.74, 6) is 1.01. The van der Waals surface area contributed by atoms with Crippen molar-refractivity contribution >= 4 is 29.9 Å². The first-order chi connectivity index (χ1) is 14.1. The number of nitrogens with zero attached hydrogens (tertiary/aromatic N) is 4. The molecule has 6 nitrogen and oxygen atoms in total. The van der Waals surface area contributed by atoms with Crippen molar-refractivity contribution in [3.8, 4) is 0 Å². The Bertz CT molecular complexity index is 494. The molecule has 2 saturated heterocycles. The van der Waals surface area contributed by atoms with Crippen molar-refractivity contribution in [2.24, 2.45) is 4.99 Å². The first-order valence-corrected chi connectivity index (χ1v) is 12.3. The van der Waals surface area contributed by atoms with E-state index >= 15 is 0 Å². The molecule has 1 atom stereocenters. The SMILES string of the molecule is CCNC(=NCC1(N2CCCCC2)CCCCC1)NCC(C)N1CCN(C)CC1.I. The van der Waals surface area contributed by atoms with Gasteiger partial charge in [-0.1, -0.05) is 25.7 Å². The number of piperazine rings is 1. The normalized spacial score (nSPS) is 25.4. The number of likely N-dealkylation sites (tertiary alicyclic amines) is 1. The second-order valence-electron chi connectivity index (χ2n) is 9.60. The van der Waals surface area contributed by atoms with Crippen LogP contribution in [0.15, 0.2) is 4.99 Å². The van der Waals surface area contributed by atoms with E-state index in [0.717, 1.165) is 25.6 Å². The fourth-order valence-electron chi connectivity index (χ4n) is 5.36. The lowest BCUT2D eigenvalue weighted by Gasteiger charge is -2.47. The lowest BCUT2D eigenvalue weighted by atomic mass is 9.79. The molecular weight excluding hydrogens is 487 g/mol. The van der Waals surface area contributed by atoms with Crippen LogP contribution in [0.4, 0.5) is 0 Å². The number of guanidine groups is 1. The van der Waals surface area contributed by atoms with Crippen molar-refractivity contribution in [1.82, 2.24) is 25.3 Å². The number of likely N-dealkylation sites (N-methyl/N-ethyl adjacent to an activating group) is 1. The standard InChI is InChI=1S/C23H46N6.HI/c1-4-24-22(25-19-21(2)28-17-15-27(3)16-18-28)26-20-23(11-7-5-8-12-23)29-13-9-6-10-14-29;/h21H,4-20H2,1-3H3,(H2,24,25,26);1H. The van der Waals surface area contributed by atoms with Gasteiger partial charge in [-0.3, -0.25) is 14.8 Å². The van der Waals surface area contributed by atoms with Gasteiger partial charge in [0.25, 0.3) is 0 Å². The van der Waals surface area contributed by atoms with E-state index in [1.54, 1.807) is 0 Å². The van der Waals surface area contributed by atoms with Gasteiger partial charge in [-0.2, -0.15) is 0 Å². The van der Waals surface area contributed by atoms with Crippen LogP contribution in [0.25, 0.3) is 0 Å². The first-order valence-electron chi connectivity index (χ1n) is 12.3. The second-order valence-corrected chi connectivity index (χ2v) is 9.60. The molecule has 0 aromatic carbocycles. The van der Waals surface area contributed by atoms with Crippen molar-refractivity contribution < 1.29 is 0 Å². The molecule has 1 unspecified atom stereocenters. The fourth-order valence-corrected chi connectivity index (χ4v) is 5.36. The molecule has 3 aliphatic rings. The van der Waals surface area contributed by atoms with Crippen LogP contribution in [0.1, 0.15) is 65.2 Å². The van der Waals surface area contributed by atoms with Crippen LogP contribution in [-0.4, -0.2) is 98.2 Å². The molecule has 3 rings (SSSR count). The Hall–Kier alpha value is -0.120. The molecule has 0 spiro atoms. The molecule has 3 fully saturated rings. The summed E-state index contributed by atoms with van der Waals surface area (Å²) in [6, 6.07) is 0.540. The van der Waals surface area contributed by atoms with Crippen LogP contribution in [0.5, 0.6) is 0 Å². The average molecular weight is 535 g/mol. The van der Waals surface area contributed by atoms with Gasteiger partial charge in [0.05, 0.1) is 6.54 Å². The van der Waals surface area contributed by atoms with Gasteiger partial charge < -0.3 is 15.5 Å². The van der Waals surface area contributed by atoms with E-state index in [1.165, 1.54) is 90.6 Å². The van der Waals surface area contributed by atoms with Crippen LogP contribution in [0.3, 0.4) is 0 Å². The molecule has 0 aromatic heterocycles. The molecule has 176 valence electrons. The summed E-state index contributed by atoms with van der Waals surface area (Å²) in [5.41, 5.74) is 0.310. The molecule has 2 N–H and O–H groups in total. The average Bonchev–Trinajstić information content (AvgIpc) is 2.77. The Morgan fingerprint density at radius 1 is 0.900 bits per heavy atom. The van der Waals surface area contributed by atoms with Crippen LogP contribution in [-0.2, 0) is 0 Å². The summed E-state index contributed by atoms with van der Waals surface area (Å²) < 4.78 is 0. The second kappa shape index (κ2) is 13.4. The smallest absolute Gasteiger partial charge is 0.191 e. The molecule has 7 heteroatoms. The zero-order valence-corrected chi connectivity index (χ0v) is 22.1. The molecule has 0 radical (unpaired) electrons. The van der Waals surface area contributed by atoms with Crippen molar-refractivity contribution in [2.75, 3.05) is 66.0 Å². The highest BCUT2D eigenvalue weighted by atomic mass is 127. The molecule has 2 heterocycles. The highest BCUT2D eigenvalue weighted by molar-refractivity contribution is 14.0. The van der Waals surface area contributed by atoms with Gasteiger partial charge in [0.1, 0.15) is 0 Å². The molecule has 0 aromatic rings. The maximum absolute atomic E-state index is 5.14. The maximum atomic E-state index is 5.14. The monoisotopic (exact) mass is 534 g/mol. The highest BCUT2D eigenvalue weighted by Gasteiger charge is 2.38. The number of halogens is 1. The van der Waals surface area contributed by atoms with Gasteiger partial charge in [0.15, 0.2) is 5.96 Å². The minimum Gasteiger partial charge on any atom is -0.357 e. The first kappa shape index (κ1) is 26.1. The Labute approximate surface area is 202 Å². The van der Waals surface area contributed by atoms with Crippen molar-refractivity contribution in [1.29, 1.82) is 0 Å². The number of hydrogen-bond donors (Lipinski definition) is 2. The third kappa shape index (κ3) is 7.48. The van der Waals surface area contributed by atoms with Crippen LogP contribution >= 0.6 is 24.0 Å². The van der Waals surface area contributed by atoms with Crippen molar-refractivity contribution in [3.05, 3.63) is 0 Å². The summed E-state index contributed by atoms with van der Waals surface area (Å²) >= 11 is 0. The third-order valence-corrected chi connectivity index (χ3v) is 7.41. The minimum absolute atomic E-state index is 0. The topological polar surface area (TPSA) is 46.1 Å². The van der Waals surface area contributed by atoms with Crippen LogP contribution in [0, 0.1) is 0 Å². The predicted molar refractivity (Wildman–Crippen MR) is 139 cm³/mol. The number of nitrogens with one attached hydrogen (secondary N) is 2. The molecule has 0 bridgehead atoms. The Kier molecular flexibility index (Phi) is 11.7. The molecule has 1 aliphatic carbocycles. The van der Waals surface area contributed by atoms with Gasteiger partial charge in [-0.25, -0.2) is 0 Å². The summed E-state index contributed by atoms with van der Waals surface area (Å²) in [5, 5.41) is 7.16. The highest BCUT2D eigenvalue weighted by Crippen LogP contribution is 2.35. The zero-order valence-electron chi connectivity index (χ0n) is 19.8. The van der Waals surface area contributed by atoms with E-state index in [4.69, 9.17) is 4.99 Å². The summed E-state index contributed by atoms with van der Waals surface area (Å²) in [7, 11) is 2.22. The van der Waals surface area contributed by atoms with Crippen LogP contribution < -0.4 is 10.6 Å². The fraction of sp³-hybridized carbons (Fsp3) is 0.957. The molecule has 30 heavy (non-hydrogen) atoms. The minimum atomic E-state index is 0. The zero-order chi connectivity index (χ0) is 20.5. The van der Waals surface area contributed by atoms with Crippen molar-refractivity contribution in [3.63, 3.8) is 0 Å². The molecule has 1 saturated carbocycles. The van der Waals surface area contributed by atoms with Gasteiger partial charge >= 0.3 is 0 Å². The van der Waals surface area contributed by atoms with E-state index in [1.807, 2.05) is 0 Å². The third-order valence-electron chi connectivity index (χ3n) is 7.41. The van der Waals surface area contributed by atoms with Gasteiger partial charge in [-0.15, -0.1) is 24.0 Å². The Morgan fingerprint density at radius 2 is 1.53 bits per heavy atom.